The van der Waals surface area contributed by atoms with Gasteiger partial charge in [0.15, 0.2) is 0 Å². The third kappa shape index (κ3) is 3.48. The lowest BCUT2D eigenvalue weighted by atomic mass is 9.95. The molecular formula is C19H24N2O2. The molecule has 4 nitrogen and oxygen atoms in total. The van der Waals surface area contributed by atoms with Crippen LogP contribution in [0.4, 0.5) is 0 Å². The maximum Gasteiger partial charge on any atom is 0.131 e. The van der Waals surface area contributed by atoms with Gasteiger partial charge in [-0.25, -0.2) is 0 Å². The molecule has 0 fully saturated rings. The van der Waals surface area contributed by atoms with Crippen molar-refractivity contribution in [2.45, 2.75) is 39.3 Å². The van der Waals surface area contributed by atoms with Crippen LogP contribution in [0, 0.1) is 5.92 Å². The van der Waals surface area contributed by atoms with E-state index in [0.717, 1.165) is 29.0 Å². The molecule has 0 spiro atoms. The van der Waals surface area contributed by atoms with E-state index in [1.54, 1.807) is 0 Å². The van der Waals surface area contributed by atoms with E-state index in [1.165, 1.54) is 5.56 Å². The van der Waals surface area contributed by atoms with Crippen molar-refractivity contribution in [1.29, 1.82) is 0 Å². The Morgan fingerprint density at radius 1 is 1.26 bits per heavy atom. The van der Waals surface area contributed by atoms with Crippen LogP contribution in [0.25, 0.3) is 11.1 Å². The van der Waals surface area contributed by atoms with Gasteiger partial charge in [-0.1, -0.05) is 6.92 Å². The Kier molecular flexibility index (Phi) is 4.53. The Morgan fingerprint density at radius 2 is 2.09 bits per heavy atom. The monoisotopic (exact) mass is 312 g/mol. The van der Waals surface area contributed by atoms with Crippen molar-refractivity contribution < 1.29 is 9.47 Å². The van der Waals surface area contributed by atoms with Crippen molar-refractivity contribution in [3.63, 3.8) is 0 Å². The zero-order valence-electron chi connectivity index (χ0n) is 14.0. The Hall–Kier alpha value is -2.07. The number of nitrogens with zero attached hydrogens (tertiary/aromatic N) is 1. The van der Waals surface area contributed by atoms with Crippen molar-refractivity contribution >= 4 is 0 Å². The molecule has 4 heteroatoms. The molecule has 3 rings (SSSR count). The molecule has 0 amide bonds. The fourth-order valence-electron chi connectivity index (χ4n) is 3.08. The van der Waals surface area contributed by atoms with Crippen LogP contribution in [-0.2, 0) is 0 Å². The standard InChI is InChI=1S/C19H24N2O2/c1-12(8-13(2)20)11-22-15-4-5-17-16-6-7-21-10-18(16)14(3)23-19(17)9-15/h4-7,9-10,12-14H,8,11,20H2,1-3H3/t12?,13-,14?/m0/s1. The molecule has 2 unspecified atom stereocenters. The van der Waals surface area contributed by atoms with Crippen LogP contribution < -0.4 is 15.2 Å². The van der Waals surface area contributed by atoms with Gasteiger partial charge in [0, 0.05) is 35.6 Å². The first kappa shape index (κ1) is 15.8. The average Bonchev–Trinajstić information content (AvgIpc) is 2.52. The summed E-state index contributed by atoms with van der Waals surface area (Å²) < 4.78 is 11.9. The Labute approximate surface area is 137 Å². The first-order valence-corrected chi connectivity index (χ1v) is 8.18. The quantitative estimate of drug-likeness (QED) is 0.908. The van der Waals surface area contributed by atoms with E-state index in [0.29, 0.717) is 12.5 Å². The third-order valence-electron chi connectivity index (χ3n) is 4.15. The minimum atomic E-state index is -0.00142. The first-order chi connectivity index (χ1) is 11.0. The van der Waals surface area contributed by atoms with E-state index in [9.17, 15) is 0 Å². The normalized spacial score (nSPS) is 18.3. The van der Waals surface area contributed by atoms with Crippen LogP contribution in [0.5, 0.6) is 11.5 Å². The maximum atomic E-state index is 6.03. The lowest BCUT2D eigenvalue weighted by molar-refractivity contribution is 0.217. The van der Waals surface area contributed by atoms with Gasteiger partial charge in [0.2, 0.25) is 0 Å². The Balaban J connectivity index is 1.78. The number of aromatic nitrogens is 1. The summed E-state index contributed by atoms with van der Waals surface area (Å²) in [6.07, 6.45) is 4.65. The van der Waals surface area contributed by atoms with Gasteiger partial charge in [0.05, 0.1) is 6.61 Å². The summed E-state index contributed by atoms with van der Waals surface area (Å²) in [6.45, 7) is 6.89. The molecule has 0 saturated heterocycles. The van der Waals surface area contributed by atoms with Crippen LogP contribution in [0.2, 0.25) is 0 Å². The predicted molar refractivity (Wildman–Crippen MR) is 91.6 cm³/mol. The molecule has 1 aliphatic rings. The van der Waals surface area contributed by atoms with E-state index in [-0.39, 0.29) is 12.1 Å². The zero-order valence-corrected chi connectivity index (χ0v) is 14.0. The molecule has 122 valence electrons. The van der Waals surface area contributed by atoms with Gasteiger partial charge in [-0.05, 0) is 49.9 Å². The number of hydrogen-bond donors (Lipinski definition) is 1. The van der Waals surface area contributed by atoms with Crippen LogP contribution in [0.1, 0.15) is 38.9 Å². The smallest absolute Gasteiger partial charge is 0.131 e. The second-order valence-electron chi connectivity index (χ2n) is 6.51. The van der Waals surface area contributed by atoms with Gasteiger partial charge < -0.3 is 15.2 Å². The Morgan fingerprint density at radius 3 is 2.87 bits per heavy atom. The fraction of sp³-hybridized carbons (Fsp3) is 0.421. The predicted octanol–water partition coefficient (Wildman–Crippen LogP) is 3.95. The number of fused-ring (bicyclic) bond motifs is 3. The molecule has 0 aliphatic carbocycles. The van der Waals surface area contributed by atoms with Crippen molar-refractivity contribution in [2.24, 2.45) is 11.7 Å². The van der Waals surface area contributed by atoms with Gasteiger partial charge in [-0.15, -0.1) is 0 Å². The second kappa shape index (κ2) is 6.59. The molecule has 1 aliphatic heterocycles. The SMILES string of the molecule is CC(COc1ccc2c(c1)OC(C)c1cnccc1-2)C[C@H](C)N. The van der Waals surface area contributed by atoms with Gasteiger partial charge in [0.1, 0.15) is 17.6 Å². The van der Waals surface area contributed by atoms with Crippen molar-refractivity contribution in [1.82, 2.24) is 4.98 Å². The summed E-state index contributed by atoms with van der Waals surface area (Å²) >= 11 is 0. The summed E-state index contributed by atoms with van der Waals surface area (Å²) in [5, 5.41) is 0. The van der Waals surface area contributed by atoms with E-state index in [1.807, 2.05) is 44.4 Å². The van der Waals surface area contributed by atoms with Crippen LogP contribution in [-0.4, -0.2) is 17.6 Å². The van der Waals surface area contributed by atoms with Gasteiger partial charge >= 0.3 is 0 Å². The van der Waals surface area contributed by atoms with Crippen molar-refractivity contribution in [3.05, 3.63) is 42.2 Å². The van der Waals surface area contributed by atoms with Crippen molar-refractivity contribution in [3.8, 4) is 22.6 Å². The lowest BCUT2D eigenvalue weighted by Crippen LogP contribution is -2.21. The van der Waals surface area contributed by atoms with E-state index < -0.39 is 0 Å². The molecule has 3 atom stereocenters. The summed E-state index contributed by atoms with van der Waals surface area (Å²) in [5.74, 6) is 2.14. The lowest BCUT2D eigenvalue weighted by Gasteiger charge is -2.26. The highest BCUT2D eigenvalue weighted by Crippen LogP contribution is 2.43. The van der Waals surface area contributed by atoms with Crippen molar-refractivity contribution in [2.75, 3.05) is 6.61 Å². The molecule has 1 aromatic carbocycles. The largest absolute Gasteiger partial charge is 0.493 e. The molecule has 0 saturated carbocycles. The average molecular weight is 312 g/mol. The first-order valence-electron chi connectivity index (χ1n) is 8.18. The molecule has 23 heavy (non-hydrogen) atoms. The Bertz CT molecular complexity index is 685. The highest BCUT2D eigenvalue weighted by atomic mass is 16.5. The van der Waals surface area contributed by atoms with Crippen LogP contribution in [0.3, 0.4) is 0 Å². The number of pyridine rings is 1. The minimum absolute atomic E-state index is 0.00142. The highest BCUT2D eigenvalue weighted by molar-refractivity contribution is 5.76. The topological polar surface area (TPSA) is 57.4 Å². The van der Waals surface area contributed by atoms with Gasteiger partial charge in [0.25, 0.3) is 0 Å². The van der Waals surface area contributed by atoms with E-state index >= 15 is 0 Å². The summed E-state index contributed by atoms with van der Waals surface area (Å²) in [7, 11) is 0. The summed E-state index contributed by atoms with van der Waals surface area (Å²) in [4.78, 5) is 4.20. The summed E-state index contributed by atoms with van der Waals surface area (Å²) in [5.41, 5.74) is 9.24. The van der Waals surface area contributed by atoms with Gasteiger partial charge in [-0.3, -0.25) is 4.98 Å². The van der Waals surface area contributed by atoms with Gasteiger partial charge in [-0.2, -0.15) is 0 Å². The fourth-order valence-corrected chi connectivity index (χ4v) is 3.08. The number of rotatable bonds is 5. The maximum absolute atomic E-state index is 6.03. The number of hydrogen-bond acceptors (Lipinski definition) is 4. The molecule has 2 N–H and O–H groups in total. The minimum Gasteiger partial charge on any atom is -0.493 e. The molecule has 0 bridgehead atoms. The molecular weight excluding hydrogens is 288 g/mol. The molecule has 1 aromatic heterocycles. The number of nitrogens with two attached hydrogens (primary N) is 1. The highest BCUT2D eigenvalue weighted by Gasteiger charge is 2.23. The van der Waals surface area contributed by atoms with Crippen LogP contribution >= 0.6 is 0 Å². The zero-order chi connectivity index (χ0) is 16.4. The van der Waals surface area contributed by atoms with E-state index in [4.69, 9.17) is 15.2 Å². The number of benzene rings is 1. The second-order valence-corrected chi connectivity index (χ2v) is 6.51. The van der Waals surface area contributed by atoms with E-state index in [2.05, 4.69) is 18.0 Å². The molecule has 0 radical (unpaired) electrons. The number of ether oxygens (including phenoxy) is 2. The molecule has 2 heterocycles. The third-order valence-corrected chi connectivity index (χ3v) is 4.15. The molecule has 2 aromatic rings. The van der Waals surface area contributed by atoms with Crippen LogP contribution in [0.15, 0.2) is 36.7 Å². The summed E-state index contributed by atoms with van der Waals surface area (Å²) in [6, 6.07) is 8.28.